The molecule has 0 bridgehead atoms. The SMILES string of the molecule is CCCCCCC(C)OC1(CNC)CCCCC1. The van der Waals surface area contributed by atoms with Gasteiger partial charge < -0.3 is 10.1 Å². The predicted octanol–water partition coefficient (Wildman–Crippen LogP) is 4.28. The predicted molar refractivity (Wildman–Crippen MR) is 79.0 cm³/mol. The fourth-order valence-electron chi connectivity index (χ4n) is 3.20. The lowest BCUT2D eigenvalue weighted by molar-refractivity contribution is -0.107. The van der Waals surface area contributed by atoms with Crippen LogP contribution >= 0.6 is 0 Å². The van der Waals surface area contributed by atoms with E-state index in [4.69, 9.17) is 4.74 Å². The Balaban J connectivity index is 2.30. The molecule has 2 heteroatoms. The number of hydrogen-bond acceptors (Lipinski definition) is 2. The lowest BCUT2D eigenvalue weighted by Crippen LogP contribution is -2.45. The molecule has 0 heterocycles. The fourth-order valence-corrected chi connectivity index (χ4v) is 3.20. The Bertz CT molecular complexity index is 194. The average molecular weight is 255 g/mol. The summed E-state index contributed by atoms with van der Waals surface area (Å²) in [7, 11) is 2.05. The van der Waals surface area contributed by atoms with Gasteiger partial charge in [0.05, 0.1) is 11.7 Å². The smallest absolute Gasteiger partial charge is 0.0809 e. The molecule has 0 aromatic heterocycles. The number of likely N-dealkylation sites (N-methyl/N-ethyl adjacent to an activating group) is 1. The zero-order valence-electron chi connectivity index (χ0n) is 12.8. The topological polar surface area (TPSA) is 21.3 Å². The standard InChI is InChI=1S/C16H33NO/c1-4-5-6-8-11-15(2)18-16(14-17-3)12-9-7-10-13-16/h15,17H,4-14H2,1-3H3. The van der Waals surface area contributed by atoms with Crippen molar-refractivity contribution in [2.24, 2.45) is 0 Å². The minimum Gasteiger partial charge on any atom is -0.371 e. The van der Waals surface area contributed by atoms with E-state index in [2.05, 4.69) is 19.2 Å². The van der Waals surface area contributed by atoms with Gasteiger partial charge in [-0.2, -0.15) is 0 Å². The summed E-state index contributed by atoms with van der Waals surface area (Å²) in [5.74, 6) is 0. The van der Waals surface area contributed by atoms with Gasteiger partial charge >= 0.3 is 0 Å². The number of rotatable bonds is 9. The molecule has 1 fully saturated rings. The van der Waals surface area contributed by atoms with Crippen LogP contribution in [0.25, 0.3) is 0 Å². The maximum atomic E-state index is 6.44. The normalized spacial score (nSPS) is 20.8. The van der Waals surface area contributed by atoms with Gasteiger partial charge in [0.25, 0.3) is 0 Å². The first-order chi connectivity index (χ1) is 8.72. The van der Waals surface area contributed by atoms with Gasteiger partial charge in [0.1, 0.15) is 0 Å². The van der Waals surface area contributed by atoms with Crippen molar-refractivity contribution in [3.05, 3.63) is 0 Å². The van der Waals surface area contributed by atoms with Crippen LogP contribution in [0, 0.1) is 0 Å². The number of unbranched alkanes of at least 4 members (excludes halogenated alkanes) is 3. The van der Waals surface area contributed by atoms with Gasteiger partial charge in [-0.15, -0.1) is 0 Å². The van der Waals surface area contributed by atoms with Crippen LogP contribution in [-0.2, 0) is 4.74 Å². The van der Waals surface area contributed by atoms with Crippen molar-refractivity contribution in [1.82, 2.24) is 5.32 Å². The molecule has 1 saturated carbocycles. The van der Waals surface area contributed by atoms with E-state index in [9.17, 15) is 0 Å². The molecule has 0 aliphatic heterocycles. The molecule has 1 rings (SSSR count). The van der Waals surface area contributed by atoms with Crippen LogP contribution in [0.1, 0.15) is 78.1 Å². The van der Waals surface area contributed by atoms with Crippen LogP contribution < -0.4 is 5.32 Å². The second-order valence-corrected chi connectivity index (χ2v) is 6.05. The van der Waals surface area contributed by atoms with Crippen molar-refractivity contribution in [3.63, 3.8) is 0 Å². The molecule has 18 heavy (non-hydrogen) atoms. The first-order valence-electron chi connectivity index (χ1n) is 8.05. The van der Waals surface area contributed by atoms with E-state index in [-0.39, 0.29) is 5.60 Å². The molecule has 0 aromatic rings. The van der Waals surface area contributed by atoms with Gasteiger partial charge in [-0.05, 0) is 33.2 Å². The van der Waals surface area contributed by atoms with Gasteiger partial charge in [0.15, 0.2) is 0 Å². The summed E-state index contributed by atoms with van der Waals surface area (Å²) in [4.78, 5) is 0. The third-order valence-corrected chi connectivity index (χ3v) is 4.18. The second kappa shape index (κ2) is 8.92. The lowest BCUT2D eigenvalue weighted by atomic mass is 9.84. The Hall–Kier alpha value is -0.0800. The van der Waals surface area contributed by atoms with Gasteiger partial charge in [0.2, 0.25) is 0 Å². The molecule has 1 N–H and O–H groups in total. The summed E-state index contributed by atoms with van der Waals surface area (Å²) in [6, 6.07) is 0. The molecule has 0 aromatic carbocycles. The largest absolute Gasteiger partial charge is 0.371 e. The molecular formula is C16H33NO. The van der Waals surface area contributed by atoms with Crippen LogP contribution in [0.15, 0.2) is 0 Å². The highest BCUT2D eigenvalue weighted by Crippen LogP contribution is 2.33. The number of ether oxygens (including phenoxy) is 1. The Morgan fingerprint density at radius 2 is 1.83 bits per heavy atom. The third-order valence-electron chi connectivity index (χ3n) is 4.18. The van der Waals surface area contributed by atoms with E-state index in [1.54, 1.807) is 0 Å². The van der Waals surface area contributed by atoms with Crippen LogP contribution in [0.4, 0.5) is 0 Å². The van der Waals surface area contributed by atoms with E-state index in [0.717, 1.165) is 6.54 Å². The van der Waals surface area contributed by atoms with E-state index in [1.807, 2.05) is 7.05 Å². The van der Waals surface area contributed by atoms with Gasteiger partial charge in [-0.1, -0.05) is 51.9 Å². The highest BCUT2D eigenvalue weighted by molar-refractivity contribution is 4.87. The van der Waals surface area contributed by atoms with Crippen molar-refractivity contribution in [2.75, 3.05) is 13.6 Å². The van der Waals surface area contributed by atoms with Crippen LogP contribution in [-0.4, -0.2) is 25.3 Å². The van der Waals surface area contributed by atoms with E-state index in [0.29, 0.717) is 6.10 Å². The van der Waals surface area contributed by atoms with E-state index in [1.165, 1.54) is 64.2 Å². The Labute approximate surface area is 114 Å². The highest BCUT2D eigenvalue weighted by atomic mass is 16.5. The second-order valence-electron chi connectivity index (χ2n) is 6.05. The van der Waals surface area contributed by atoms with Crippen LogP contribution in [0.3, 0.4) is 0 Å². The van der Waals surface area contributed by atoms with Crippen molar-refractivity contribution >= 4 is 0 Å². The molecule has 0 saturated heterocycles. The molecule has 1 aliphatic rings. The van der Waals surface area contributed by atoms with Gasteiger partial charge in [-0.25, -0.2) is 0 Å². The van der Waals surface area contributed by atoms with Crippen molar-refractivity contribution in [3.8, 4) is 0 Å². The van der Waals surface area contributed by atoms with Crippen molar-refractivity contribution in [1.29, 1.82) is 0 Å². The maximum absolute atomic E-state index is 6.44. The summed E-state index contributed by atoms with van der Waals surface area (Å²) >= 11 is 0. The summed E-state index contributed by atoms with van der Waals surface area (Å²) in [6.45, 7) is 5.55. The van der Waals surface area contributed by atoms with Crippen LogP contribution in [0.2, 0.25) is 0 Å². The first kappa shape index (κ1) is 16.0. The van der Waals surface area contributed by atoms with E-state index < -0.39 is 0 Å². The highest BCUT2D eigenvalue weighted by Gasteiger charge is 2.33. The molecule has 1 unspecified atom stereocenters. The summed E-state index contributed by atoms with van der Waals surface area (Å²) in [6.07, 6.45) is 13.6. The molecule has 108 valence electrons. The first-order valence-corrected chi connectivity index (χ1v) is 8.05. The van der Waals surface area contributed by atoms with Crippen LogP contribution in [0.5, 0.6) is 0 Å². The van der Waals surface area contributed by atoms with Crippen molar-refractivity contribution in [2.45, 2.75) is 89.8 Å². The minimum absolute atomic E-state index is 0.136. The molecule has 0 amide bonds. The Morgan fingerprint density at radius 1 is 1.11 bits per heavy atom. The number of nitrogens with one attached hydrogen (secondary N) is 1. The average Bonchev–Trinajstić information content (AvgIpc) is 2.36. The zero-order chi connectivity index (χ0) is 13.3. The number of hydrogen-bond donors (Lipinski definition) is 1. The molecule has 2 nitrogen and oxygen atoms in total. The monoisotopic (exact) mass is 255 g/mol. The molecular weight excluding hydrogens is 222 g/mol. The maximum Gasteiger partial charge on any atom is 0.0809 e. The summed E-state index contributed by atoms with van der Waals surface area (Å²) < 4.78 is 6.44. The minimum atomic E-state index is 0.136. The third kappa shape index (κ3) is 5.71. The van der Waals surface area contributed by atoms with E-state index >= 15 is 0 Å². The molecule has 1 atom stereocenters. The van der Waals surface area contributed by atoms with Gasteiger partial charge in [0, 0.05) is 6.54 Å². The lowest BCUT2D eigenvalue weighted by Gasteiger charge is -2.39. The quantitative estimate of drug-likeness (QED) is 0.621. The molecule has 0 radical (unpaired) electrons. The Morgan fingerprint density at radius 3 is 2.44 bits per heavy atom. The summed E-state index contributed by atoms with van der Waals surface area (Å²) in [5.41, 5.74) is 0.136. The van der Waals surface area contributed by atoms with Gasteiger partial charge in [-0.3, -0.25) is 0 Å². The molecule has 1 aliphatic carbocycles. The summed E-state index contributed by atoms with van der Waals surface area (Å²) in [5, 5.41) is 3.34. The fraction of sp³-hybridized carbons (Fsp3) is 1.00. The zero-order valence-corrected chi connectivity index (χ0v) is 12.8. The Kier molecular flexibility index (Phi) is 7.92. The molecule has 0 spiro atoms. The van der Waals surface area contributed by atoms with Crippen molar-refractivity contribution < 1.29 is 4.74 Å².